The van der Waals surface area contributed by atoms with Gasteiger partial charge in [-0.1, -0.05) is 11.6 Å². The lowest BCUT2D eigenvalue weighted by molar-refractivity contribution is 0.0128. The van der Waals surface area contributed by atoms with Gasteiger partial charge in [-0.25, -0.2) is 4.98 Å². The van der Waals surface area contributed by atoms with Crippen LogP contribution in [0.25, 0.3) is 10.2 Å². The standard InChI is InChI=1S/C14H19ClN2OS/c1-9(7-14(2,3)18-4)17-12-10(15)5-6-11-13(12)16-8-19-11/h5-6,8-9,17H,7H2,1-4H3. The van der Waals surface area contributed by atoms with E-state index in [0.29, 0.717) is 5.02 Å². The molecule has 0 aliphatic heterocycles. The second-order valence-electron chi connectivity index (χ2n) is 5.33. The van der Waals surface area contributed by atoms with Crippen molar-refractivity contribution in [2.45, 2.75) is 38.8 Å². The van der Waals surface area contributed by atoms with Gasteiger partial charge in [-0.05, 0) is 39.3 Å². The van der Waals surface area contributed by atoms with Gasteiger partial charge in [-0.2, -0.15) is 0 Å². The lowest BCUT2D eigenvalue weighted by Gasteiger charge is -2.27. The monoisotopic (exact) mass is 298 g/mol. The summed E-state index contributed by atoms with van der Waals surface area (Å²) in [5.41, 5.74) is 3.55. The first-order chi connectivity index (χ1) is 8.93. The molecule has 0 spiro atoms. The Morgan fingerprint density at radius 3 is 2.89 bits per heavy atom. The summed E-state index contributed by atoms with van der Waals surface area (Å²) in [5, 5.41) is 4.17. The van der Waals surface area contributed by atoms with Crippen molar-refractivity contribution in [3.8, 4) is 0 Å². The number of anilines is 1. The van der Waals surface area contributed by atoms with Crippen molar-refractivity contribution < 1.29 is 4.74 Å². The van der Waals surface area contributed by atoms with Gasteiger partial charge in [0.15, 0.2) is 0 Å². The molecule has 0 saturated carbocycles. The summed E-state index contributed by atoms with van der Waals surface area (Å²) in [5.74, 6) is 0. The molecule has 1 unspecified atom stereocenters. The Hall–Kier alpha value is -0.840. The van der Waals surface area contributed by atoms with Crippen molar-refractivity contribution in [2.75, 3.05) is 12.4 Å². The average Bonchev–Trinajstić information content (AvgIpc) is 2.80. The molecule has 3 nitrogen and oxygen atoms in total. The van der Waals surface area contributed by atoms with Gasteiger partial charge in [0.05, 0.1) is 26.5 Å². The molecule has 5 heteroatoms. The zero-order valence-corrected chi connectivity index (χ0v) is 13.2. The molecule has 0 saturated heterocycles. The van der Waals surface area contributed by atoms with Crippen LogP contribution in [0.5, 0.6) is 0 Å². The van der Waals surface area contributed by atoms with Crippen LogP contribution in [-0.4, -0.2) is 23.7 Å². The fourth-order valence-corrected chi connectivity index (χ4v) is 3.05. The second-order valence-corrected chi connectivity index (χ2v) is 6.63. The van der Waals surface area contributed by atoms with Crippen LogP contribution in [-0.2, 0) is 4.74 Å². The first kappa shape index (κ1) is 14.6. The van der Waals surface area contributed by atoms with Crippen molar-refractivity contribution in [1.29, 1.82) is 0 Å². The quantitative estimate of drug-likeness (QED) is 0.878. The molecule has 2 rings (SSSR count). The van der Waals surface area contributed by atoms with Crippen molar-refractivity contribution in [1.82, 2.24) is 4.98 Å². The molecule has 0 aliphatic carbocycles. The van der Waals surface area contributed by atoms with Crippen LogP contribution in [0.3, 0.4) is 0 Å². The van der Waals surface area contributed by atoms with E-state index >= 15 is 0 Å². The number of ether oxygens (including phenoxy) is 1. The molecule has 1 atom stereocenters. The SMILES string of the molecule is COC(C)(C)CC(C)Nc1c(Cl)ccc2scnc12. The van der Waals surface area contributed by atoms with E-state index in [1.807, 2.05) is 17.6 Å². The summed E-state index contributed by atoms with van der Waals surface area (Å²) in [6.07, 6.45) is 0.889. The van der Waals surface area contributed by atoms with Gasteiger partial charge in [-0.3, -0.25) is 0 Å². The second kappa shape index (κ2) is 5.65. The summed E-state index contributed by atoms with van der Waals surface area (Å²) in [7, 11) is 1.74. The molecule has 0 bridgehead atoms. The number of aromatic nitrogens is 1. The highest BCUT2D eigenvalue weighted by atomic mass is 35.5. The molecule has 0 radical (unpaired) electrons. The third-order valence-electron chi connectivity index (χ3n) is 3.19. The Morgan fingerprint density at radius 2 is 2.21 bits per heavy atom. The van der Waals surface area contributed by atoms with Crippen molar-refractivity contribution in [2.24, 2.45) is 0 Å². The number of hydrogen-bond acceptors (Lipinski definition) is 4. The normalized spacial score (nSPS) is 13.7. The first-order valence-electron chi connectivity index (χ1n) is 6.26. The van der Waals surface area contributed by atoms with E-state index in [9.17, 15) is 0 Å². The topological polar surface area (TPSA) is 34.1 Å². The number of fused-ring (bicyclic) bond motifs is 1. The molecule has 104 valence electrons. The van der Waals surface area contributed by atoms with E-state index in [1.54, 1.807) is 18.4 Å². The number of methoxy groups -OCH3 is 1. The van der Waals surface area contributed by atoms with Gasteiger partial charge in [0.25, 0.3) is 0 Å². The number of hydrogen-bond donors (Lipinski definition) is 1. The summed E-state index contributed by atoms with van der Waals surface area (Å²) in [6.45, 7) is 6.29. The number of benzene rings is 1. The largest absolute Gasteiger partial charge is 0.379 e. The molecular weight excluding hydrogens is 280 g/mol. The number of thiazole rings is 1. The van der Waals surface area contributed by atoms with Crippen LogP contribution in [0.4, 0.5) is 5.69 Å². The highest BCUT2D eigenvalue weighted by Gasteiger charge is 2.21. The number of nitrogens with one attached hydrogen (secondary N) is 1. The lowest BCUT2D eigenvalue weighted by atomic mass is 9.99. The van der Waals surface area contributed by atoms with Crippen LogP contribution < -0.4 is 5.32 Å². The molecule has 0 aliphatic rings. The fourth-order valence-electron chi connectivity index (χ4n) is 2.16. The highest BCUT2D eigenvalue weighted by Crippen LogP contribution is 2.33. The Kier molecular flexibility index (Phi) is 4.33. The summed E-state index contributed by atoms with van der Waals surface area (Å²) in [6, 6.07) is 4.17. The Labute approximate surface area is 122 Å². The molecule has 1 aromatic carbocycles. The molecule has 2 aromatic rings. The van der Waals surface area contributed by atoms with E-state index in [2.05, 4.69) is 31.1 Å². The predicted molar refractivity (Wildman–Crippen MR) is 83.4 cm³/mol. The molecule has 1 heterocycles. The lowest BCUT2D eigenvalue weighted by Crippen LogP contribution is -2.31. The third-order valence-corrected chi connectivity index (χ3v) is 4.30. The minimum absolute atomic E-state index is 0.158. The van der Waals surface area contributed by atoms with Crippen LogP contribution in [0.2, 0.25) is 5.02 Å². The summed E-state index contributed by atoms with van der Waals surface area (Å²) >= 11 is 7.90. The van der Waals surface area contributed by atoms with E-state index in [-0.39, 0.29) is 11.6 Å². The van der Waals surface area contributed by atoms with E-state index < -0.39 is 0 Å². The van der Waals surface area contributed by atoms with Gasteiger partial charge in [0.1, 0.15) is 5.52 Å². The Morgan fingerprint density at radius 1 is 1.47 bits per heavy atom. The minimum atomic E-state index is -0.158. The highest BCUT2D eigenvalue weighted by molar-refractivity contribution is 7.16. The molecule has 1 aromatic heterocycles. The van der Waals surface area contributed by atoms with Crippen molar-refractivity contribution in [3.63, 3.8) is 0 Å². The van der Waals surface area contributed by atoms with Gasteiger partial charge in [-0.15, -0.1) is 11.3 Å². The molecule has 0 fully saturated rings. The average molecular weight is 299 g/mol. The fraction of sp³-hybridized carbons (Fsp3) is 0.500. The smallest absolute Gasteiger partial charge is 0.106 e. The number of rotatable bonds is 5. The van der Waals surface area contributed by atoms with Crippen LogP contribution in [0.15, 0.2) is 17.6 Å². The first-order valence-corrected chi connectivity index (χ1v) is 7.52. The summed E-state index contributed by atoms with van der Waals surface area (Å²) < 4.78 is 6.61. The number of nitrogens with zero attached hydrogens (tertiary/aromatic N) is 1. The van der Waals surface area contributed by atoms with Gasteiger partial charge >= 0.3 is 0 Å². The maximum Gasteiger partial charge on any atom is 0.106 e. The van der Waals surface area contributed by atoms with Crippen LogP contribution >= 0.6 is 22.9 Å². The summed E-state index contributed by atoms with van der Waals surface area (Å²) in [4.78, 5) is 4.39. The molecule has 0 amide bonds. The predicted octanol–water partition coefficient (Wildman–Crippen LogP) is 4.57. The zero-order chi connectivity index (χ0) is 14.0. The molecule has 19 heavy (non-hydrogen) atoms. The Bertz CT molecular complexity index is 568. The van der Waals surface area contributed by atoms with Gasteiger partial charge in [0.2, 0.25) is 0 Å². The van der Waals surface area contributed by atoms with Crippen LogP contribution in [0.1, 0.15) is 27.2 Å². The number of halogens is 1. The van der Waals surface area contributed by atoms with E-state index in [1.165, 1.54) is 0 Å². The van der Waals surface area contributed by atoms with Gasteiger partial charge < -0.3 is 10.1 Å². The van der Waals surface area contributed by atoms with E-state index in [0.717, 1.165) is 22.3 Å². The maximum absolute atomic E-state index is 6.28. The molecular formula is C14H19ClN2OS. The van der Waals surface area contributed by atoms with Crippen molar-refractivity contribution >= 4 is 38.8 Å². The van der Waals surface area contributed by atoms with Gasteiger partial charge in [0, 0.05) is 13.2 Å². The zero-order valence-electron chi connectivity index (χ0n) is 11.7. The third kappa shape index (κ3) is 3.38. The maximum atomic E-state index is 6.28. The Balaban J connectivity index is 2.21. The minimum Gasteiger partial charge on any atom is -0.379 e. The van der Waals surface area contributed by atoms with Crippen LogP contribution in [0, 0.1) is 0 Å². The van der Waals surface area contributed by atoms with E-state index in [4.69, 9.17) is 16.3 Å². The molecule has 1 N–H and O–H groups in total. The van der Waals surface area contributed by atoms with Crippen molar-refractivity contribution in [3.05, 3.63) is 22.7 Å².